The lowest BCUT2D eigenvalue weighted by Crippen LogP contribution is -2.48. The van der Waals surface area contributed by atoms with Crippen LogP contribution in [0.3, 0.4) is 0 Å². The first kappa shape index (κ1) is 23.3. The third-order valence-electron chi connectivity index (χ3n) is 6.14. The molecule has 1 aliphatic heterocycles. The second-order valence-electron chi connectivity index (χ2n) is 8.97. The molecule has 2 aliphatic rings. The van der Waals surface area contributed by atoms with Crippen LogP contribution in [-0.2, 0) is 14.3 Å². The minimum Gasteiger partial charge on any atom is -0.465 e. The van der Waals surface area contributed by atoms with E-state index in [0.717, 1.165) is 25.7 Å². The van der Waals surface area contributed by atoms with Crippen LogP contribution in [0.25, 0.3) is 0 Å². The van der Waals surface area contributed by atoms with Gasteiger partial charge in [0.1, 0.15) is 10.9 Å². The van der Waals surface area contributed by atoms with E-state index in [1.54, 1.807) is 22.9 Å². The fourth-order valence-corrected chi connectivity index (χ4v) is 5.19. The van der Waals surface area contributed by atoms with Crippen molar-refractivity contribution in [3.63, 3.8) is 0 Å². The standard InChI is InChI=1S/C24H32N2O4S/c1-15(2)6-11-18-14-20(21(31-18)24(29)30-5)26(19-12-13-25(4)23(19)28)22(27)17-9-7-16(3)8-10-17/h14-17,19H,7-10,12-13H2,1-5H3/t16?,17?,19-/m0/s1. The average Bonchev–Trinajstić information content (AvgIpc) is 3.31. The summed E-state index contributed by atoms with van der Waals surface area (Å²) in [7, 11) is 3.08. The molecule has 0 unspecified atom stereocenters. The number of methoxy groups -OCH3 is 1. The molecule has 1 saturated heterocycles. The number of hydrogen-bond acceptors (Lipinski definition) is 5. The molecule has 3 rings (SSSR count). The second-order valence-corrected chi connectivity index (χ2v) is 10.0. The highest BCUT2D eigenvalue weighted by Crippen LogP contribution is 2.38. The maximum absolute atomic E-state index is 13.8. The third kappa shape index (κ3) is 5.12. The molecule has 31 heavy (non-hydrogen) atoms. The van der Waals surface area contributed by atoms with E-state index in [-0.39, 0.29) is 23.7 Å². The van der Waals surface area contributed by atoms with Crippen LogP contribution < -0.4 is 4.90 Å². The molecule has 1 aromatic rings. The van der Waals surface area contributed by atoms with Crippen molar-refractivity contribution in [1.29, 1.82) is 0 Å². The molecule has 0 spiro atoms. The van der Waals surface area contributed by atoms with Gasteiger partial charge in [-0.2, -0.15) is 0 Å². The monoisotopic (exact) mass is 444 g/mol. The molecule has 7 heteroatoms. The smallest absolute Gasteiger partial charge is 0.350 e. The number of thiophene rings is 1. The Hall–Kier alpha value is -2.33. The lowest BCUT2D eigenvalue weighted by Gasteiger charge is -2.33. The zero-order valence-corrected chi connectivity index (χ0v) is 19.9. The number of likely N-dealkylation sites (N-methyl/N-ethyl adjacent to an activating group) is 1. The maximum Gasteiger partial charge on any atom is 0.350 e. The van der Waals surface area contributed by atoms with E-state index < -0.39 is 12.0 Å². The number of carbonyl (C=O) groups is 3. The number of hydrogen-bond donors (Lipinski definition) is 0. The largest absolute Gasteiger partial charge is 0.465 e. The molecule has 0 radical (unpaired) electrons. The minimum atomic E-state index is -0.597. The molecule has 2 amide bonds. The topological polar surface area (TPSA) is 66.9 Å². The normalized spacial score (nSPS) is 23.5. The maximum atomic E-state index is 13.8. The molecule has 6 nitrogen and oxygen atoms in total. The SMILES string of the molecule is COC(=O)c1sc(C#CC(C)C)cc1N(C(=O)C1CCC(C)CC1)[C@H]1CCN(C)C1=O. The Morgan fingerprint density at radius 1 is 1.23 bits per heavy atom. The van der Waals surface area contributed by atoms with Crippen molar-refractivity contribution in [3.8, 4) is 11.8 Å². The molecule has 1 aromatic heterocycles. The van der Waals surface area contributed by atoms with Gasteiger partial charge in [0.2, 0.25) is 11.8 Å². The van der Waals surface area contributed by atoms with Gasteiger partial charge in [0.25, 0.3) is 0 Å². The number of rotatable bonds is 4. The van der Waals surface area contributed by atoms with Crippen LogP contribution in [0.5, 0.6) is 0 Å². The zero-order chi connectivity index (χ0) is 22.7. The molecule has 2 fully saturated rings. The van der Waals surface area contributed by atoms with Crippen molar-refractivity contribution < 1.29 is 19.1 Å². The fourth-order valence-electron chi connectivity index (χ4n) is 4.26. The van der Waals surface area contributed by atoms with Crippen molar-refractivity contribution in [2.24, 2.45) is 17.8 Å². The predicted molar refractivity (Wildman–Crippen MR) is 122 cm³/mol. The van der Waals surface area contributed by atoms with Crippen LogP contribution >= 0.6 is 11.3 Å². The van der Waals surface area contributed by atoms with Gasteiger partial charge >= 0.3 is 5.97 Å². The average molecular weight is 445 g/mol. The van der Waals surface area contributed by atoms with E-state index >= 15 is 0 Å². The van der Waals surface area contributed by atoms with E-state index in [1.165, 1.54) is 18.4 Å². The van der Waals surface area contributed by atoms with Crippen LogP contribution in [0, 0.1) is 29.6 Å². The van der Waals surface area contributed by atoms with E-state index in [1.807, 2.05) is 13.8 Å². The molecular weight excluding hydrogens is 412 g/mol. The summed E-state index contributed by atoms with van der Waals surface area (Å²) in [6, 6.07) is 1.18. The summed E-state index contributed by atoms with van der Waals surface area (Å²) in [4.78, 5) is 43.5. The summed E-state index contributed by atoms with van der Waals surface area (Å²) in [5, 5.41) is 0. The number of ether oxygens (including phenoxy) is 1. The van der Waals surface area contributed by atoms with Gasteiger partial charge in [0, 0.05) is 25.4 Å². The Labute approximate surface area is 188 Å². The number of likely N-dealkylation sites (tertiary alicyclic amines) is 1. The summed E-state index contributed by atoms with van der Waals surface area (Å²) in [5.74, 6) is 6.21. The van der Waals surface area contributed by atoms with Crippen LogP contribution in [-0.4, -0.2) is 49.4 Å². The van der Waals surface area contributed by atoms with Gasteiger partial charge in [-0.1, -0.05) is 32.6 Å². The first-order valence-corrected chi connectivity index (χ1v) is 11.9. The number of amides is 2. The van der Waals surface area contributed by atoms with Gasteiger partial charge in [0.05, 0.1) is 17.7 Å². The Bertz CT molecular complexity index is 902. The number of anilines is 1. The number of esters is 1. The first-order valence-electron chi connectivity index (χ1n) is 11.0. The van der Waals surface area contributed by atoms with Crippen molar-refractivity contribution in [2.75, 3.05) is 25.6 Å². The summed E-state index contributed by atoms with van der Waals surface area (Å²) >= 11 is 1.22. The van der Waals surface area contributed by atoms with Crippen LogP contribution in [0.15, 0.2) is 6.07 Å². The summed E-state index contributed by atoms with van der Waals surface area (Å²) in [6.45, 7) is 6.79. The Kier molecular flexibility index (Phi) is 7.42. The lowest BCUT2D eigenvalue weighted by atomic mass is 9.82. The number of nitrogens with zero attached hydrogens (tertiary/aromatic N) is 2. The molecule has 2 heterocycles. The van der Waals surface area contributed by atoms with Gasteiger partial charge < -0.3 is 9.64 Å². The van der Waals surface area contributed by atoms with Gasteiger partial charge in [-0.15, -0.1) is 11.3 Å². The molecule has 0 aromatic carbocycles. The first-order chi connectivity index (χ1) is 14.7. The highest BCUT2D eigenvalue weighted by atomic mass is 32.1. The van der Waals surface area contributed by atoms with E-state index in [2.05, 4.69) is 18.8 Å². The van der Waals surface area contributed by atoms with Crippen molar-refractivity contribution >= 4 is 34.8 Å². The predicted octanol–water partition coefficient (Wildman–Crippen LogP) is 3.93. The van der Waals surface area contributed by atoms with Gasteiger partial charge in [0.15, 0.2) is 0 Å². The molecule has 1 aliphatic carbocycles. The van der Waals surface area contributed by atoms with Crippen molar-refractivity contribution in [1.82, 2.24) is 4.90 Å². The van der Waals surface area contributed by atoms with Gasteiger partial charge in [-0.25, -0.2) is 4.79 Å². The summed E-state index contributed by atoms with van der Waals surface area (Å²) in [6.07, 6.45) is 4.17. The number of carbonyl (C=O) groups excluding carboxylic acids is 3. The quantitative estimate of drug-likeness (QED) is 0.521. The van der Waals surface area contributed by atoms with Gasteiger partial charge in [-0.05, 0) is 44.1 Å². The van der Waals surface area contributed by atoms with E-state index in [9.17, 15) is 14.4 Å². The lowest BCUT2D eigenvalue weighted by molar-refractivity contribution is -0.131. The Morgan fingerprint density at radius 3 is 2.45 bits per heavy atom. The van der Waals surface area contributed by atoms with Crippen molar-refractivity contribution in [3.05, 3.63) is 15.8 Å². The molecular formula is C24H32N2O4S. The molecule has 1 saturated carbocycles. The second kappa shape index (κ2) is 9.86. The third-order valence-corrected chi connectivity index (χ3v) is 7.16. The highest BCUT2D eigenvalue weighted by Gasteiger charge is 2.42. The van der Waals surface area contributed by atoms with Crippen molar-refractivity contribution in [2.45, 2.75) is 58.9 Å². The summed E-state index contributed by atoms with van der Waals surface area (Å²) < 4.78 is 5.01. The van der Waals surface area contributed by atoms with Crippen LogP contribution in [0.4, 0.5) is 5.69 Å². The molecule has 168 valence electrons. The molecule has 1 atom stereocenters. The molecule has 0 bridgehead atoms. The minimum absolute atomic E-state index is 0.0631. The zero-order valence-electron chi connectivity index (χ0n) is 19.1. The Balaban J connectivity index is 2.06. The van der Waals surface area contributed by atoms with Crippen LogP contribution in [0.2, 0.25) is 0 Å². The highest BCUT2D eigenvalue weighted by molar-refractivity contribution is 7.15. The summed E-state index contributed by atoms with van der Waals surface area (Å²) in [5.41, 5.74) is 0.460. The fraction of sp³-hybridized carbons (Fsp3) is 0.625. The Morgan fingerprint density at radius 2 is 1.90 bits per heavy atom. The van der Waals surface area contributed by atoms with Gasteiger partial charge in [-0.3, -0.25) is 14.5 Å². The van der Waals surface area contributed by atoms with Crippen LogP contribution in [0.1, 0.15) is 67.4 Å². The van der Waals surface area contributed by atoms with E-state index in [0.29, 0.717) is 34.3 Å². The molecule has 0 N–H and O–H groups in total. The van der Waals surface area contributed by atoms with E-state index in [4.69, 9.17) is 4.74 Å².